The summed E-state index contributed by atoms with van der Waals surface area (Å²) in [4.78, 5) is 21.4. The van der Waals surface area contributed by atoms with E-state index < -0.39 is 24.1 Å². The van der Waals surface area contributed by atoms with Crippen LogP contribution < -0.4 is 0 Å². The first-order chi connectivity index (χ1) is 6.59. The number of hydrogen-bond acceptors (Lipinski definition) is 5. The van der Waals surface area contributed by atoms with Gasteiger partial charge >= 0.3 is 11.9 Å². The van der Waals surface area contributed by atoms with E-state index in [1.54, 1.807) is 6.08 Å². The summed E-state index contributed by atoms with van der Waals surface area (Å²) in [6, 6.07) is 0. The molecule has 14 heavy (non-hydrogen) atoms. The number of carbonyl (C=O) groups is 2. The number of rotatable bonds is 2. The topological polar surface area (TPSA) is 61.8 Å². The average Bonchev–Trinajstić information content (AvgIpc) is 2.06. The molecule has 0 bridgehead atoms. The first-order valence-corrected chi connectivity index (χ1v) is 4.22. The molecule has 1 aliphatic heterocycles. The molecule has 0 fully saturated rings. The molecule has 2 atom stereocenters. The van der Waals surface area contributed by atoms with Crippen molar-refractivity contribution in [2.45, 2.75) is 26.1 Å². The first-order valence-electron chi connectivity index (χ1n) is 4.22. The molecule has 5 nitrogen and oxygen atoms in total. The van der Waals surface area contributed by atoms with Gasteiger partial charge in [-0.1, -0.05) is 0 Å². The van der Waals surface area contributed by atoms with Crippen molar-refractivity contribution in [3.63, 3.8) is 0 Å². The predicted octanol–water partition coefficient (Wildman–Crippen LogP) is 0.394. The van der Waals surface area contributed by atoms with E-state index in [4.69, 9.17) is 14.2 Å². The van der Waals surface area contributed by atoms with Crippen LogP contribution in [0.15, 0.2) is 12.3 Å². The van der Waals surface area contributed by atoms with Gasteiger partial charge in [0.15, 0.2) is 12.2 Å². The summed E-state index contributed by atoms with van der Waals surface area (Å²) in [5.74, 6) is -0.843. The van der Waals surface area contributed by atoms with Gasteiger partial charge in [-0.3, -0.25) is 9.59 Å². The van der Waals surface area contributed by atoms with E-state index in [9.17, 15) is 9.59 Å². The predicted molar refractivity (Wildman–Crippen MR) is 46.2 cm³/mol. The van der Waals surface area contributed by atoms with Gasteiger partial charge in [0.2, 0.25) is 0 Å². The number of carbonyl (C=O) groups excluding carboxylic acids is 2. The lowest BCUT2D eigenvalue weighted by molar-refractivity contribution is -0.166. The van der Waals surface area contributed by atoms with E-state index in [1.165, 1.54) is 20.1 Å². The van der Waals surface area contributed by atoms with Crippen molar-refractivity contribution in [2.24, 2.45) is 0 Å². The Morgan fingerprint density at radius 2 is 1.93 bits per heavy atom. The molecule has 0 spiro atoms. The van der Waals surface area contributed by atoms with Crippen molar-refractivity contribution >= 4 is 11.9 Å². The summed E-state index contributed by atoms with van der Waals surface area (Å²) in [7, 11) is 0. The monoisotopic (exact) mass is 200 g/mol. The van der Waals surface area contributed by atoms with Gasteiger partial charge in [0.25, 0.3) is 0 Å². The molecule has 0 saturated heterocycles. The normalized spacial score (nSPS) is 25.0. The van der Waals surface area contributed by atoms with Crippen LogP contribution in [0.4, 0.5) is 0 Å². The van der Waals surface area contributed by atoms with Crippen LogP contribution in [0.2, 0.25) is 0 Å². The van der Waals surface area contributed by atoms with Crippen LogP contribution in [-0.4, -0.2) is 30.8 Å². The van der Waals surface area contributed by atoms with Crippen molar-refractivity contribution in [3.05, 3.63) is 12.3 Å². The Balaban J connectivity index is 2.57. The zero-order valence-corrected chi connectivity index (χ0v) is 8.06. The van der Waals surface area contributed by atoms with Crippen LogP contribution in [0.1, 0.15) is 13.8 Å². The molecule has 0 unspecified atom stereocenters. The Morgan fingerprint density at radius 1 is 1.29 bits per heavy atom. The van der Waals surface area contributed by atoms with Crippen molar-refractivity contribution in [3.8, 4) is 0 Å². The first kappa shape index (κ1) is 10.6. The largest absolute Gasteiger partial charge is 0.497 e. The van der Waals surface area contributed by atoms with Crippen molar-refractivity contribution in [1.29, 1.82) is 0 Å². The zero-order chi connectivity index (χ0) is 10.6. The van der Waals surface area contributed by atoms with Crippen LogP contribution >= 0.6 is 0 Å². The lowest BCUT2D eigenvalue weighted by atomic mass is 10.2. The maximum Gasteiger partial charge on any atom is 0.303 e. The summed E-state index contributed by atoms with van der Waals surface area (Å²) in [5, 5.41) is 0. The van der Waals surface area contributed by atoms with E-state index in [2.05, 4.69) is 0 Å². The maximum absolute atomic E-state index is 10.7. The Hall–Kier alpha value is -1.52. The Labute approximate surface area is 81.6 Å². The lowest BCUT2D eigenvalue weighted by Crippen LogP contribution is -2.38. The van der Waals surface area contributed by atoms with Gasteiger partial charge in [0, 0.05) is 13.8 Å². The van der Waals surface area contributed by atoms with Crippen molar-refractivity contribution in [2.75, 3.05) is 6.61 Å². The molecular weight excluding hydrogens is 188 g/mol. The van der Waals surface area contributed by atoms with Crippen LogP contribution in [0.3, 0.4) is 0 Å². The number of ether oxygens (including phenoxy) is 3. The summed E-state index contributed by atoms with van der Waals surface area (Å²) in [6.45, 7) is 2.80. The quantitative estimate of drug-likeness (QED) is 0.603. The molecule has 78 valence electrons. The minimum absolute atomic E-state index is 0.202. The molecule has 1 aliphatic rings. The van der Waals surface area contributed by atoms with E-state index in [0.717, 1.165) is 0 Å². The highest BCUT2D eigenvalue weighted by Crippen LogP contribution is 2.12. The third-order valence-corrected chi connectivity index (χ3v) is 1.61. The maximum atomic E-state index is 10.7. The Kier molecular flexibility index (Phi) is 3.50. The smallest absolute Gasteiger partial charge is 0.303 e. The van der Waals surface area contributed by atoms with Gasteiger partial charge in [0.05, 0.1) is 6.26 Å². The van der Waals surface area contributed by atoms with Gasteiger partial charge in [-0.2, -0.15) is 0 Å². The SMILES string of the molecule is CC(=O)O[C@@H]1C=COC[C@H]1OC(C)=O. The molecule has 5 heteroatoms. The average molecular weight is 200 g/mol. The standard InChI is InChI=1S/C9H12O5/c1-6(10)13-8-3-4-12-5-9(8)14-7(2)11/h3-4,8-9H,5H2,1-2H3/t8-,9-/m1/s1. The van der Waals surface area contributed by atoms with Crippen LogP contribution in [0, 0.1) is 0 Å². The number of esters is 2. The van der Waals surface area contributed by atoms with E-state index in [-0.39, 0.29) is 6.61 Å². The molecule has 0 aromatic rings. The minimum atomic E-state index is -0.554. The summed E-state index contributed by atoms with van der Waals surface area (Å²) in [6.07, 6.45) is 1.86. The summed E-state index contributed by atoms with van der Waals surface area (Å²) < 4.78 is 14.8. The van der Waals surface area contributed by atoms with Gasteiger partial charge in [-0.25, -0.2) is 0 Å². The van der Waals surface area contributed by atoms with E-state index >= 15 is 0 Å². The highest BCUT2D eigenvalue weighted by Gasteiger charge is 2.27. The number of hydrogen-bond donors (Lipinski definition) is 0. The second kappa shape index (κ2) is 4.64. The fourth-order valence-corrected chi connectivity index (χ4v) is 1.12. The third-order valence-electron chi connectivity index (χ3n) is 1.61. The molecule has 1 rings (SSSR count). The molecular formula is C9H12O5. The third kappa shape index (κ3) is 3.08. The second-order valence-corrected chi connectivity index (χ2v) is 2.88. The Morgan fingerprint density at radius 3 is 2.50 bits per heavy atom. The molecule has 0 aliphatic carbocycles. The minimum Gasteiger partial charge on any atom is -0.497 e. The van der Waals surface area contributed by atoms with Gasteiger partial charge in [-0.15, -0.1) is 0 Å². The fraction of sp³-hybridized carbons (Fsp3) is 0.556. The summed E-state index contributed by atoms with van der Waals surface area (Å²) in [5.41, 5.74) is 0. The molecule has 0 saturated carbocycles. The molecule has 1 heterocycles. The highest BCUT2D eigenvalue weighted by molar-refractivity contribution is 5.67. The fourth-order valence-electron chi connectivity index (χ4n) is 1.12. The van der Waals surface area contributed by atoms with Gasteiger partial charge in [0.1, 0.15) is 6.61 Å². The molecule has 0 aromatic carbocycles. The van der Waals surface area contributed by atoms with Crippen molar-refractivity contribution < 1.29 is 23.8 Å². The Bertz CT molecular complexity index is 258. The molecule has 0 radical (unpaired) electrons. The molecule has 0 N–H and O–H groups in total. The molecule has 0 amide bonds. The van der Waals surface area contributed by atoms with Crippen molar-refractivity contribution in [1.82, 2.24) is 0 Å². The van der Waals surface area contributed by atoms with Gasteiger partial charge < -0.3 is 14.2 Å². The van der Waals surface area contributed by atoms with Crippen LogP contribution in [0.5, 0.6) is 0 Å². The lowest BCUT2D eigenvalue weighted by Gasteiger charge is -2.26. The highest BCUT2D eigenvalue weighted by atomic mass is 16.6. The second-order valence-electron chi connectivity index (χ2n) is 2.88. The van der Waals surface area contributed by atoms with E-state index in [1.807, 2.05) is 0 Å². The summed E-state index contributed by atoms with van der Waals surface area (Å²) >= 11 is 0. The van der Waals surface area contributed by atoms with Crippen LogP contribution in [0.25, 0.3) is 0 Å². The zero-order valence-electron chi connectivity index (χ0n) is 8.06. The van der Waals surface area contributed by atoms with Gasteiger partial charge in [-0.05, 0) is 6.08 Å². The van der Waals surface area contributed by atoms with E-state index in [0.29, 0.717) is 0 Å². The van der Waals surface area contributed by atoms with Crippen LogP contribution in [-0.2, 0) is 23.8 Å². The molecule has 0 aromatic heterocycles.